The Morgan fingerprint density at radius 3 is 2.67 bits per heavy atom. The minimum Gasteiger partial charge on any atom is -0.394 e. The molecule has 2 N–H and O–H groups in total. The molecule has 0 rings (SSSR count). The SMILES string of the molecule is O=NNCCO. The predicted octanol–water partition coefficient (Wildman–Crippen LogP) is -0.750. The molecule has 0 radical (unpaired) electrons. The summed E-state index contributed by atoms with van der Waals surface area (Å²) in [6, 6.07) is 0. The summed E-state index contributed by atoms with van der Waals surface area (Å²) in [6.07, 6.45) is 0. The highest BCUT2D eigenvalue weighted by molar-refractivity contribution is 4.29. The molecular formula is C2H6N2O2. The van der Waals surface area contributed by atoms with Gasteiger partial charge in [0.15, 0.2) is 0 Å². The number of nitrogens with one attached hydrogen (secondary N) is 1. The molecule has 4 nitrogen and oxygen atoms in total. The van der Waals surface area contributed by atoms with Crippen molar-refractivity contribution < 1.29 is 5.11 Å². The zero-order valence-corrected chi connectivity index (χ0v) is 3.22. The van der Waals surface area contributed by atoms with E-state index in [9.17, 15) is 0 Å². The van der Waals surface area contributed by atoms with E-state index in [0.29, 0.717) is 0 Å². The third-order valence-electron chi connectivity index (χ3n) is 0.288. The van der Waals surface area contributed by atoms with Gasteiger partial charge >= 0.3 is 0 Å². The van der Waals surface area contributed by atoms with Crippen LogP contribution in [0.25, 0.3) is 0 Å². The number of aliphatic hydroxyl groups is 1. The Bertz CT molecular complexity index is 38.5. The Hall–Kier alpha value is -0.640. The second-order valence-corrected chi connectivity index (χ2v) is 0.723. The lowest BCUT2D eigenvalue weighted by atomic mass is 10.7. The standard InChI is InChI=1S/C2H6N2O2/c5-2-1-3-4-6/h5H,1-2H2,(H,3,6). The van der Waals surface area contributed by atoms with Gasteiger partial charge in [0.2, 0.25) is 0 Å². The summed E-state index contributed by atoms with van der Waals surface area (Å²) in [5.41, 5.74) is 2.02. The van der Waals surface area contributed by atoms with E-state index >= 15 is 0 Å². The smallest absolute Gasteiger partial charge is 0.0622 e. The summed E-state index contributed by atoms with van der Waals surface area (Å²) < 4.78 is 0. The van der Waals surface area contributed by atoms with Crippen molar-refractivity contribution in [2.24, 2.45) is 5.29 Å². The van der Waals surface area contributed by atoms with Gasteiger partial charge in [-0.05, 0) is 0 Å². The van der Waals surface area contributed by atoms with Gasteiger partial charge in [0.1, 0.15) is 0 Å². The van der Waals surface area contributed by atoms with E-state index in [1.165, 1.54) is 0 Å². The van der Waals surface area contributed by atoms with E-state index in [4.69, 9.17) is 10.0 Å². The molecule has 0 aromatic heterocycles. The van der Waals surface area contributed by atoms with Gasteiger partial charge in [-0.1, -0.05) is 0 Å². The lowest BCUT2D eigenvalue weighted by Crippen LogP contribution is -2.09. The predicted molar refractivity (Wildman–Crippen MR) is 20.9 cm³/mol. The summed E-state index contributed by atoms with van der Waals surface area (Å²) in [7, 11) is 0. The topological polar surface area (TPSA) is 61.7 Å². The molecule has 0 aromatic carbocycles. The molecule has 0 fully saturated rings. The van der Waals surface area contributed by atoms with Crippen LogP contribution in [0.2, 0.25) is 0 Å². The normalized spacial score (nSPS) is 7.50. The van der Waals surface area contributed by atoms with E-state index in [1.54, 1.807) is 0 Å². The number of aliphatic hydroxyl groups excluding tert-OH is 1. The van der Waals surface area contributed by atoms with E-state index in [0.717, 1.165) is 0 Å². The minimum atomic E-state index is -0.0499. The fraction of sp³-hybridized carbons (Fsp3) is 1.00. The van der Waals surface area contributed by atoms with Crippen LogP contribution in [-0.2, 0) is 0 Å². The highest BCUT2D eigenvalue weighted by Gasteiger charge is 1.71. The van der Waals surface area contributed by atoms with Crippen LogP contribution in [0.4, 0.5) is 0 Å². The maximum absolute atomic E-state index is 9.09. The third-order valence-corrected chi connectivity index (χ3v) is 0.288. The number of rotatable bonds is 3. The Labute approximate surface area is 35.1 Å². The Morgan fingerprint density at radius 1 is 1.83 bits per heavy atom. The van der Waals surface area contributed by atoms with Gasteiger partial charge in [0, 0.05) is 5.29 Å². The lowest BCUT2D eigenvalue weighted by Gasteiger charge is -1.84. The molecule has 0 spiro atoms. The molecule has 6 heavy (non-hydrogen) atoms. The molecule has 0 aliphatic heterocycles. The van der Waals surface area contributed by atoms with E-state index in [1.807, 2.05) is 5.43 Å². The zero-order chi connectivity index (χ0) is 4.83. The van der Waals surface area contributed by atoms with Crippen molar-refractivity contribution in [3.63, 3.8) is 0 Å². The highest BCUT2D eigenvalue weighted by Crippen LogP contribution is 1.51. The number of hydrogen-bond acceptors (Lipinski definition) is 3. The van der Waals surface area contributed by atoms with Gasteiger partial charge in [-0.15, -0.1) is 4.91 Å². The van der Waals surface area contributed by atoms with Crippen molar-refractivity contribution in [3.05, 3.63) is 4.91 Å². The van der Waals surface area contributed by atoms with Crippen molar-refractivity contribution in [1.82, 2.24) is 5.43 Å². The molecule has 4 heteroatoms. The highest BCUT2D eigenvalue weighted by atomic mass is 16.3. The first-order valence-electron chi connectivity index (χ1n) is 1.58. The number of nitroso groups, excluding NO2 is 1. The van der Waals surface area contributed by atoms with Crippen molar-refractivity contribution in [1.29, 1.82) is 0 Å². The average Bonchev–Trinajstić information content (AvgIpc) is 1.61. The van der Waals surface area contributed by atoms with Crippen LogP contribution in [0.3, 0.4) is 0 Å². The van der Waals surface area contributed by atoms with Crippen LogP contribution in [0, 0.1) is 4.91 Å². The summed E-state index contributed by atoms with van der Waals surface area (Å²) in [6.45, 7) is 0.190. The van der Waals surface area contributed by atoms with Gasteiger partial charge in [0.25, 0.3) is 0 Å². The van der Waals surface area contributed by atoms with E-state index in [2.05, 4.69) is 5.29 Å². The number of hydrogen-bond donors (Lipinski definition) is 2. The third kappa shape index (κ3) is 3.36. The molecule has 0 aliphatic rings. The largest absolute Gasteiger partial charge is 0.394 e. The maximum atomic E-state index is 9.09. The summed E-state index contributed by atoms with van der Waals surface area (Å²) >= 11 is 0. The average molecular weight is 90.1 g/mol. The van der Waals surface area contributed by atoms with Crippen LogP contribution in [0.5, 0.6) is 0 Å². The Balaban J connectivity index is 2.49. The number of nitrogens with zero attached hydrogens (tertiary/aromatic N) is 1. The first-order chi connectivity index (χ1) is 2.91. The minimum absolute atomic E-state index is 0.0499. The van der Waals surface area contributed by atoms with Crippen molar-refractivity contribution in [2.45, 2.75) is 0 Å². The molecule has 36 valence electrons. The van der Waals surface area contributed by atoms with Crippen LogP contribution in [0.15, 0.2) is 5.29 Å². The second-order valence-electron chi connectivity index (χ2n) is 0.723. The Kier molecular flexibility index (Phi) is 3.89. The second kappa shape index (κ2) is 4.36. The van der Waals surface area contributed by atoms with Gasteiger partial charge in [-0.2, -0.15) is 0 Å². The molecule has 0 atom stereocenters. The fourth-order valence-corrected chi connectivity index (χ4v) is 0.0956. The van der Waals surface area contributed by atoms with Crippen LogP contribution in [-0.4, -0.2) is 18.3 Å². The molecule has 0 aromatic rings. The molecule has 0 bridgehead atoms. The lowest BCUT2D eigenvalue weighted by molar-refractivity contribution is 0.293. The summed E-state index contributed by atoms with van der Waals surface area (Å²) in [5, 5.41) is 10.2. The van der Waals surface area contributed by atoms with Gasteiger partial charge < -0.3 is 5.11 Å². The first kappa shape index (κ1) is 5.36. The van der Waals surface area contributed by atoms with Crippen LogP contribution >= 0.6 is 0 Å². The summed E-state index contributed by atoms with van der Waals surface area (Å²) in [5.74, 6) is 0. The van der Waals surface area contributed by atoms with Gasteiger partial charge in [0.05, 0.1) is 13.2 Å². The monoisotopic (exact) mass is 90.0 g/mol. The molecule has 0 saturated carbocycles. The van der Waals surface area contributed by atoms with Crippen LogP contribution in [0.1, 0.15) is 0 Å². The van der Waals surface area contributed by atoms with Gasteiger partial charge in [-0.3, -0.25) is 5.43 Å². The van der Waals surface area contributed by atoms with Crippen molar-refractivity contribution in [2.75, 3.05) is 13.2 Å². The molecule has 0 unspecified atom stereocenters. The van der Waals surface area contributed by atoms with Crippen molar-refractivity contribution >= 4 is 0 Å². The van der Waals surface area contributed by atoms with E-state index < -0.39 is 0 Å². The zero-order valence-electron chi connectivity index (χ0n) is 3.22. The fourth-order valence-electron chi connectivity index (χ4n) is 0.0956. The molecular weight excluding hydrogens is 84.0 g/mol. The van der Waals surface area contributed by atoms with Gasteiger partial charge in [-0.25, -0.2) is 0 Å². The molecule has 0 saturated heterocycles. The Morgan fingerprint density at radius 2 is 2.50 bits per heavy atom. The first-order valence-corrected chi connectivity index (χ1v) is 1.58. The molecule has 0 aliphatic carbocycles. The maximum Gasteiger partial charge on any atom is 0.0622 e. The quantitative estimate of drug-likeness (QED) is 0.272. The van der Waals surface area contributed by atoms with Crippen LogP contribution < -0.4 is 5.43 Å². The van der Waals surface area contributed by atoms with E-state index in [-0.39, 0.29) is 13.2 Å². The molecule has 0 heterocycles. The summed E-state index contributed by atoms with van der Waals surface area (Å²) in [4.78, 5) is 9.09. The van der Waals surface area contributed by atoms with Crippen molar-refractivity contribution in [3.8, 4) is 0 Å². The molecule has 0 amide bonds.